The summed E-state index contributed by atoms with van der Waals surface area (Å²) in [4.78, 5) is 2.05. The van der Waals surface area contributed by atoms with Crippen LogP contribution in [0, 0.1) is 5.92 Å². The van der Waals surface area contributed by atoms with Gasteiger partial charge in [0.1, 0.15) is 24.0 Å². The normalized spacial score (nSPS) is 53.2. The van der Waals surface area contributed by atoms with Gasteiger partial charge in [-0.3, -0.25) is 15.5 Å². The first-order chi connectivity index (χ1) is 9.46. The molecule has 0 bridgehead atoms. The Bertz CT molecular complexity index is 373. The second kappa shape index (κ2) is 5.33. The lowest BCUT2D eigenvalue weighted by atomic mass is 9.95. The summed E-state index contributed by atoms with van der Waals surface area (Å²) in [6.45, 7) is 2.96. The third kappa shape index (κ3) is 2.17. The highest BCUT2D eigenvalue weighted by molar-refractivity contribution is 6.18. The number of rotatable bonds is 2. The van der Waals surface area contributed by atoms with Crippen molar-refractivity contribution >= 4 is 11.6 Å². The van der Waals surface area contributed by atoms with E-state index < -0.39 is 24.0 Å². The summed E-state index contributed by atoms with van der Waals surface area (Å²) in [5.74, 6) is 0.413. The highest BCUT2D eigenvalue weighted by Gasteiger charge is 2.56. The van der Waals surface area contributed by atoms with E-state index in [1.807, 2.05) is 0 Å². The fraction of sp³-hybridized carbons (Fsp3) is 1.00. The Kier molecular flexibility index (Phi) is 3.98. The van der Waals surface area contributed by atoms with Crippen molar-refractivity contribution < 1.29 is 14.9 Å². The van der Waals surface area contributed by atoms with Crippen LogP contribution in [0.2, 0.25) is 0 Å². The molecule has 8 heteroatoms. The summed E-state index contributed by atoms with van der Waals surface area (Å²) in [6, 6.07) is 0. The number of alkyl halides is 1. The molecule has 0 aromatic carbocycles. The number of hydrogen-bond donors (Lipinski definition) is 5. The van der Waals surface area contributed by atoms with Crippen molar-refractivity contribution in [3.8, 4) is 0 Å². The van der Waals surface area contributed by atoms with Crippen LogP contribution in [0.3, 0.4) is 0 Å². The number of nitrogens with two attached hydrogens (primary N) is 1. The predicted molar refractivity (Wildman–Crippen MR) is 73.7 cm³/mol. The van der Waals surface area contributed by atoms with E-state index in [9.17, 15) is 10.2 Å². The Morgan fingerprint density at radius 1 is 1.50 bits per heavy atom. The Morgan fingerprint density at radius 3 is 2.90 bits per heavy atom. The first kappa shape index (κ1) is 14.9. The Hall–Kier alpha value is 0.01000. The number of hydrogen-bond acceptors (Lipinski definition) is 7. The van der Waals surface area contributed by atoms with E-state index in [1.54, 1.807) is 6.92 Å². The van der Waals surface area contributed by atoms with E-state index in [2.05, 4.69) is 15.5 Å². The number of likely N-dealkylation sites (tertiary alicyclic amines) is 1. The fourth-order valence-corrected chi connectivity index (χ4v) is 3.90. The molecule has 0 saturated carbocycles. The predicted octanol–water partition coefficient (Wildman–Crippen LogP) is -1.85. The van der Waals surface area contributed by atoms with Gasteiger partial charge in [0.2, 0.25) is 0 Å². The molecule has 3 rings (SSSR count). The van der Waals surface area contributed by atoms with Gasteiger partial charge in [0.25, 0.3) is 0 Å². The molecule has 0 aliphatic carbocycles. The zero-order chi connectivity index (χ0) is 14.5. The topological polar surface area (TPSA) is 103 Å². The Labute approximate surface area is 123 Å². The SMILES string of the molecule is C[C@@]1(O)[C@@H](CCl)O[C@@H](N2CCC3C(N)NCNC32)[C@@H]1O. The lowest BCUT2D eigenvalue weighted by Gasteiger charge is -2.39. The molecule has 0 aromatic rings. The molecule has 0 amide bonds. The van der Waals surface area contributed by atoms with Gasteiger partial charge < -0.3 is 20.7 Å². The van der Waals surface area contributed by atoms with Gasteiger partial charge in [-0.1, -0.05) is 0 Å². The number of halogens is 1. The number of nitrogens with zero attached hydrogens (tertiary/aromatic N) is 1. The van der Waals surface area contributed by atoms with Gasteiger partial charge in [0, 0.05) is 19.1 Å². The molecule has 3 aliphatic heterocycles. The van der Waals surface area contributed by atoms with E-state index in [1.165, 1.54) is 0 Å². The molecule has 20 heavy (non-hydrogen) atoms. The number of ether oxygens (including phenoxy) is 1. The van der Waals surface area contributed by atoms with Crippen LogP contribution in [0.5, 0.6) is 0 Å². The zero-order valence-corrected chi connectivity index (χ0v) is 12.3. The van der Waals surface area contributed by atoms with Gasteiger partial charge in [0.15, 0.2) is 0 Å². The van der Waals surface area contributed by atoms with Crippen LogP contribution in [-0.2, 0) is 4.74 Å². The minimum Gasteiger partial charge on any atom is -0.386 e. The quantitative estimate of drug-likeness (QED) is 0.381. The molecule has 3 heterocycles. The molecular formula is C12H23ClN4O3. The average Bonchev–Trinajstić information content (AvgIpc) is 2.92. The van der Waals surface area contributed by atoms with Crippen LogP contribution >= 0.6 is 11.6 Å². The molecule has 0 spiro atoms. The first-order valence-corrected chi connectivity index (χ1v) is 7.60. The highest BCUT2D eigenvalue weighted by atomic mass is 35.5. The molecule has 3 saturated heterocycles. The smallest absolute Gasteiger partial charge is 0.141 e. The summed E-state index contributed by atoms with van der Waals surface area (Å²) >= 11 is 5.83. The van der Waals surface area contributed by atoms with Crippen LogP contribution in [0.25, 0.3) is 0 Å². The molecular weight excluding hydrogens is 284 g/mol. The summed E-state index contributed by atoms with van der Waals surface area (Å²) < 4.78 is 5.80. The monoisotopic (exact) mass is 306 g/mol. The van der Waals surface area contributed by atoms with E-state index in [0.29, 0.717) is 6.67 Å². The number of aliphatic hydroxyl groups is 2. The summed E-state index contributed by atoms with van der Waals surface area (Å²) in [5.41, 5.74) is 4.74. The van der Waals surface area contributed by atoms with Gasteiger partial charge in [-0.15, -0.1) is 11.6 Å². The first-order valence-electron chi connectivity index (χ1n) is 7.06. The van der Waals surface area contributed by atoms with Gasteiger partial charge >= 0.3 is 0 Å². The molecule has 0 aromatic heterocycles. The van der Waals surface area contributed by atoms with Crippen molar-refractivity contribution in [1.29, 1.82) is 0 Å². The van der Waals surface area contributed by atoms with Crippen molar-refractivity contribution in [2.24, 2.45) is 11.7 Å². The van der Waals surface area contributed by atoms with Gasteiger partial charge in [-0.05, 0) is 13.3 Å². The number of aliphatic hydroxyl groups excluding tert-OH is 1. The molecule has 3 aliphatic rings. The van der Waals surface area contributed by atoms with Gasteiger partial charge in [-0.25, -0.2) is 0 Å². The van der Waals surface area contributed by atoms with Crippen molar-refractivity contribution in [3.63, 3.8) is 0 Å². The summed E-state index contributed by atoms with van der Waals surface area (Å²) in [5, 5.41) is 27.3. The van der Waals surface area contributed by atoms with Gasteiger partial charge in [0.05, 0.1) is 18.2 Å². The third-order valence-electron chi connectivity index (χ3n) is 4.89. The Morgan fingerprint density at radius 2 is 2.25 bits per heavy atom. The maximum absolute atomic E-state index is 10.4. The van der Waals surface area contributed by atoms with Crippen LogP contribution in [0.1, 0.15) is 13.3 Å². The van der Waals surface area contributed by atoms with Crippen molar-refractivity contribution in [2.75, 3.05) is 19.1 Å². The molecule has 6 N–H and O–H groups in total. The van der Waals surface area contributed by atoms with Gasteiger partial charge in [-0.2, -0.15) is 0 Å². The van der Waals surface area contributed by atoms with Crippen molar-refractivity contribution in [2.45, 2.75) is 49.7 Å². The van der Waals surface area contributed by atoms with Crippen LogP contribution in [0.15, 0.2) is 0 Å². The molecule has 3 unspecified atom stereocenters. The molecule has 7 nitrogen and oxygen atoms in total. The third-order valence-corrected chi connectivity index (χ3v) is 5.17. The lowest BCUT2D eigenvalue weighted by molar-refractivity contribution is -0.104. The van der Waals surface area contributed by atoms with Crippen molar-refractivity contribution in [1.82, 2.24) is 15.5 Å². The zero-order valence-electron chi connectivity index (χ0n) is 11.5. The van der Waals surface area contributed by atoms with Crippen LogP contribution in [-0.4, -0.2) is 70.6 Å². The second-order valence-electron chi connectivity index (χ2n) is 6.09. The molecule has 7 atom stereocenters. The molecule has 116 valence electrons. The minimum absolute atomic E-state index is 0.0516. The summed E-state index contributed by atoms with van der Waals surface area (Å²) in [6.07, 6.45) is -1.20. The van der Waals surface area contributed by atoms with E-state index in [0.717, 1.165) is 13.0 Å². The van der Waals surface area contributed by atoms with Crippen LogP contribution < -0.4 is 16.4 Å². The molecule has 0 radical (unpaired) electrons. The number of nitrogens with one attached hydrogen (secondary N) is 2. The van der Waals surface area contributed by atoms with Crippen LogP contribution in [0.4, 0.5) is 0 Å². The fourth-order valence-electron chi connectivity index (χ4n) is 3.52. The Balaban J connectivity index is 1.77. The standard InChI is InChI=1S/C12H23ClN4O3/c1-12(19)7(4-13)20-11(8(12)18)17-3-2-6-9(14)15-5-16-10(6)17/h6-11,15-16,18-19H,2-5,14H2,1H3/t6?,7-,8+,9?,10?,11-,12-/m1/s1. The average molecular weight is 307 g/mol. The minimum atomic E-state index is -1.33. The lowest BCUT2D eigenvalue weighted by Crippen LogP contribution is -2.64. The second-order valence-corrected chi connectivity index (χ2v) is 6.39. The largest absolute Gasteiger partial charge is 0.386 e. The van der Waals surface area contributed by atoms with E-state index >= 15 is 0 Å². The maximum atomic E-state index is 10.4. The van der Waals surface area contributed by atoms with E-state index in [-0.39, 0.29) is 24.1 Å². The van der Waals surface area contributed by atoms with E-state index in [4.69, 9.17) is 22.1 Å². The maximum Gasteiger partial charge on any atom is 0.141 e. The molecule has 3 fully saturated rings. The van der Waals surface area contributed by atoms with Crippen molar-refractivity contribution in [3.05, 3.63) is 0 Å². The highest BCUT2D eigenvalue weighted by Crippen LogP contribution is 2.37. The number of fused-ring (bicyclic) bond motifs is 1. The summed E-state index contributed by atoms with van der Waals surface area (Å²) in [7, 11) is 0.